The molecule has 2 rings (SSSR count). The predicted molar refractivity (Wildman–Crippen MR) is 63.3 cm³/mol. The summed E-state index contributed by atoms with van der Waals surface area (Å²) >= 11 is 3.02. The minimum absolute atomic E-state index is 0.228. The van der Waals surface area contributed by atoms with E-state index in [2.05, 4.69) is 12.2 Å². The Morgan fingerprint density at radius 3 is 3.00 bits per heavy atom. The van der Waals surface area contributed by atoms with Gasteiger partial charge in [-0.2, -0.15) is 0 Å². The summed E-state index contributed by atoms with van der Waals surface area (Å²) in [5.41, 5.74) is 1.03. The van der Waals surface area contributed by atoms with E-state index in [0.717, 1.165) is 17.9 Å². The maximum absolute atomic E-state index is 10.5. The third kappa shape index (κ3) is 2.50. The number of hydrogen-bond donors (Lipinski definition) is 1. The highest BCUT2D eigenvalue weighted by molar-refractivity contribution is 7.99. The standard InChI is InChI=1S/C9H12N2O2S2/c1-6-3-10-9(15-4-6)7-2-8(11(12)13)14-5-7/h2,5-6,9-10H,3-4H2,1H3. The average molecular weight is 244 g/mol. The van der Waals surface area contributed by atoms with Crippen LogP contribution in [0.15, 0.2) is 11.4 Å². The van der Waals surface area contributed by atoms with Gasteiger partial charge in [0.05, 0.1) is 10.3 Å². The van der Waals surface area contributed by atoms with Gasteiger partial charge in [-0.05, 0) is 23.8 Å². The highest BCUT2D eigenvalue weighted by atomic mass is 32.2. The average Bonchev–Trinajstić information content (AvgIpc) is 2.68. The Balaban J connectivity index is 2.06. The molecule has 2 unspecified atom stereocenters. The summed E-state index contributed by atoms with van der Waals surface area (Å²) in [6.07, 6.45) is 0. The molecule has 1 aromatic heterocycles. The lowest BCUT2D eigenvalue weighted by Gasteiger charge is -2.26. The van der Waals surface area contributed by atoms with Crippen LogP contribution in [0.5, 0.6) is 0 Å². The number of rotatable bonds is 2. The highest BCUT2D eigenvalue weighted by Crippen LogP contribution is 2.35. The molecule has 1 aliphatic heterocycles. The Hall–Kier alpha value is -0.590. The second kappa shape index (κ2) is 4.51. The van der Waals surface area contributed by atoms with Crippen molar-refractivity contribution in [1.82, 2.24) is 5.32 Å². The lowest BCUT2D eigenvalue weighted by atomic mass is 10.2. The van der Waals surface area contributed by atoms with Gasteiger partial charge in [0.2, 0.25) is 0 Å². The van der Waals surface area contributed by atoms with E-state index < -0.39 is 0 Å². The Morgan fingerprint density at radius 1 is 1.67 bits per heavy atom. The largest absolute Gasteiger partial charge is 0.324 e. The van der Waals surface area contributed by atoms with Gasteiger partial charge in [0.1, 0.15) is 0 Å². The second-order valence-electron chi connectivity index (χ2n) is 3.70. The van der Waals surface area contributed by atoms with Crippen LogP contribution < -0.4 is 5.32 Å². The molecule has 0 saturated carbocycles. The van der Waals surface area contributed by atoms with Crippen molar-refractivity contribution in [3.63, 3.8) is 0 Å². The first-order valence-corrected chi connectivity index (χ1v) is 6.67. The molecule has 4 nitrogen and oxygen atoms in total. The third-order valence-corrected chi connectivity index (χ3v) is 4.72. The Kier molecular flexibility index (Phi) is 3.28. The molecule has 0 aliphatic carbocycles. The lowest BCUT2D eigenvalue weighted by molar-refractivity contribution is -0.380. The zero-order chi connectivity index (χ0) is 10.8. The molecule has 1 saturated heterocycles. The molecule has 0 radical (unpaired) electrons. The van der Waals surface area contributed by atoms with Crippen LogP contribution in [0.25, 0.3) is 0 Å². The molecule has 1 fully saturated rings. The summed E-state index contributed by atoms with van der Waals surface area (Å²) in [5.74, 6) is 1.79. The molecule has 1 N–H and O–H groups in total. The van der Waals surface area contributed by atoms with Gasteiger partial charge in [-0.25, -0.2) is 0 Å². The maximum atomic E-state index is 10.5. The SMILES string of the molecule is CC1CNC(c2csc([N+](=O)[O-])c2)SC1. The van der Waals surface area contributed by atoms with Crippen LogP contribution in [0.3, 0.4) is 0 Å². The van der Waals surface area contributed by atoms with E-state index in [1.165, 1.54) is 11.3 Å². The van der Waals surface area contributed by atoms with E-state index in [1.54, 1.807) is 6.07 Å². The summed E-state index contributed by atoms with van der Waals surface area (Å²) in [6, 6.07) is 1.67. The van der Waals surface area contributed by atoms with E-state index in [4.69, 9.17) is 0 Å². The Morgan fingerprint density at radius 2 is 2.47 bits per heavy atom. The minimum atomic E-state index is -0.329. The quantitative estimate of drug-likeness (QED) is 0.642. The molecular weight excluding hydrogens is 232 g/mol. The fraction of sp³-hybridized carbons (Fsp3) is 0.556. The summed E-state index contributed by atoms with van der Waals surface area (Å²) in [5, 5.41) is 16.3. The minimum Gasteiger partial charge on any atom is -0.301 e. The van der Waals surface area contributed by atoms with Gasteiger partial charge < -0.3 is 5.32 Å². The van der Waals surface area contributed by atoms with Crippen LogP contribution in [0, 0.1) is 16.0 Å². The van der Waals surface area contributed by atoms with Crippen LogP contribution >= 0.6 is 23.1 Å². The Labute approximate surface area is 96.2 Å². The first-order chi connectivity index (χ1) is 7.16. The van der Waals surface area contributed by atoms with Gasteiger partial charge in [0.25, 0.3) is 0 Å². The zero-order valence-corrected chi connectivity index (χ0v) is 9.94. The first kappa shape index (κ1) is 10.9. The van der Waals surface area contributed by atoms with E-state index in [1.807, 2.05) is 17.1 Å². The molecule has 0 bridgehead atoms. The summed E-state index contributed by atoms with van der Waals surface area (Å²) < 4.78 is 0. The molecule has 1 aromatic rings. The van der Waals surface area contributed by atoms with Crippen molar-refractivity contribution < 1.29 is 4.92 Å². The molecule has 6 heteroatoms. The normalized spacial score (nSPS) is 26.5. The van der Waals surface area contributed by atoms with Gasteiger partial charge >= 0.3 is 5.00 Å². The number of thiophene rings is 1. The van der Waals surface area contributed by atoms with Crippen molar-refractivity contribution in [2.24, 2.45) is 5.92 Å². The van der Waals surface area contributed by atoms with Crippen molar-refractivity contribution in [2.75, 3.05) is 12.3 Å². The number of nitrogens with zero attached hydrogens (tertiary/aromatic N) is 1. The molecule has 2 atom stereocenters. The summed E-state index contributed by atoms with van der Waals surface area (Å²) in [4.78, 5) is 10.2. The van der Waals surface area contributed by atoms with Gasteiger partial charge in [-0.1, -0.05) is 18.3 Å². The maximum Gasteiger partial charge on any atom is 0.324 e. The number of thioether (sulfide) groups is 1. The van der Waals surface area contributed by atoms with Crippen molar-refractivity contribution in [1.29, 1.82) is 0 Å². The van der Waals surface area contributed by atoms with Gasteiger partial charge in [0.15, 0.2) is 0 Å². The van der Waals surface area contributed by atoms with Gasteiger partial charge in [-0.3, -0.25) is 10.1 Å². The number of nitro groups is 1. The van der Waals surface area contributed by atoms with Crippen molar-refractivity contribution in [3.8, 4) is 0 Å². The van der Waals surface area contributed by atoms with Crippen LogP contribution in [-0.4, -0.2) is 17.2 Å². The highest BCUT2D eigenvalue weighted by Gasteiger charge is 2.22. The molecular formula is C9H12N2O2S2. The second-order valence-corrected chi connectivity index (χ2v) is 5.73. The van der Waals surface area contributed by atoms with Crippen LogP contribution in [-0.2, 0) is 0 Å². The third-order valence-electron chi connectivity index (χ3n) is 2.29. The smallest absolute Gasteiger partial charge is 0.301 e. The van der Waals surface area contributed by atoms with Gasteiger partial charge in [-0.15, -0.1) is 11.8 Å². The predicted octanol–water partition coefficient (Wildman–Crippen LogP) is 2.63. The molecule has 0 amide bonds. The fourth-order valence-electron chi connectivity index (χ4n) is 1.47. The number of hydrogen-bond acceptors (Lipinski definition) is 5. The summed E-state index contributed by atoms with van der Waals surface area (Å²) in [7, 11) is 0. The molecule has 82 valence electrons. The van der Waals surface area contributed by atoms with Crippen LogP contribution in [0.2, 0.25) is 0 Å². The van der Waals surface area contributed by atoms with E-state index in [9.17, 15) is 10.1 Å². The summed E-state index contributed by atoms with van der Waals surface area (Å²) in [6.45, 7) is 3.19. The first-order valence-electron chi connectivity index (χ1n) is 4.74. The number of nitrogens with one attached hydrogen (secondary N) is 1. The molecule has 0 aromatic carbocycles. The van der Waals surface area contributed by atoms with E-state index >= 15 is 0 Å². The topological polar surface area (TPSA) is 55.2 Å². The van der Waals surface area contributed by atoms with Gasteiger partial charge in [0, 0.05) is 11.4 Å². The van der Waals surface area contributed by atoms with Crippen LogP contribution in [0.4, 0.5) is 5.00 Å². The monoisotopic (exact) mass is 244 g/mol. The van der Waals surface area contributed by atoms with E-state index in [-0.39, 0.29) is 15.3 Å². The lowest BCUT2D eigenvalue weighted by Crippen LogP contribution is -2.30. The molecule has 2 heterocycles. The molecule has 0 spiro atoms. The molecule has 1 aliphatic rings. The van der Waals surface area contributed by atoms with Crippen LogP contribution in [0.1, 0.15) is 17.9 Å². The van der Waals surface area contributed by atoms with Crippen molar-refractivity contribution >= 4 is 28.1 Å². The molecule has 15 heavy (non-hydrogen) atoms. The fourth-order valence-corrected chi connectivity index (χ4v) is 3.49. The van der Waals surface area contributed by atoms with Crippen molar-refractivity contribution in [3.05, 3.63) is 27.1 Å². The Bertz CT molecular complexity index is 359. The van der Waals surface area contributed by atoms with Crippen molar-refractivity contribution in [2.45, 2.75) is 12.3 Å². The zero-order valence-electron chi connectivity index (χ0n) is 8.30. The van der Waals surface area contributed by atoms with E-state index in [0.29, 0.717) is 5.92 Å².